The van der Waals surface area contributed by atoms with Gasteiger partial charge >= 0.3 is 0 Å². The van der Waals surface area contributed by atoms with E-state index in [9.17, 15) is 4.79 Å². The van der Waals surface area contributed by atoms with Gasteiger partial charge in [-0.25, -0.2) is 0 Å². The molecule has 1 amide bonds. The number of fused-ring (bicyclic) bond motifs is 1. The number of methoxy groups -OCH3 is 1. The lowest BCUT2D eigenvalue weighted by atomic mass is 10.0. The lowest BCUT2D eigenvalue weighted by molar-refractivity contribution is 0.102. The summed E-state index contributed by atoms with van der Waals surface area (Å²) in [6, 6.07) is 17.0. The fourth-order valence-corrected chi connectivity index (χ4v) is 2.53. The third-order valence-corrected chi connectivity index (χ3v) is 3.82. The fraction of sp³-hybridized carbons (Fsp3) is 0.105. The van der Waals surface area contributed by atoms with Crippen molar-refractivity contribution < 1.29 is 9.53 Å². The first-order chi connectivity index (χ1) is 11.1. The summed E-state index contributed by atoms with van der Waals surface area (Å²) in [6.07, 6.45) is 0. The van der Waals surface area contributed by atoms with Crippen LogP contribution in [-0.4, -0.2) is 13.0 Å². The zero-order valence-electron chi connectivity index (χ0n) is 13.1. The van der Waals surface area contributed by atoms with Crippen LogP contribution < -0.4 is 15.8 Å². The maximum absolute atomic E-state index is 12.7. The summed E-state index contributed by atoms with van der Waals surface area (Å²) in [5.41, 5.74) is 8.55. The van der Waals surface area contributed by atoms with E-state index in [0.29, 0.717) is 22.7 Å². The van der Waals surface area contributed by atoms with Gasteiger partial charge in [0.05, 0.1) is 12.7 Å². The highest BCUT2D eigenvalue weighted by Crippen LogP contribution is 2.27. The highest BCUT2D eigenvalue weighted by atomic mass is 16.5. The monoisotopic (exact) mass is 306 g/mol. The number of carbonyl (C=O) groups excluding carboxylic acids is 1. The van der Waals surface area contributed by atoms with Crippen LogP contribution in [0.3, 0.4) is 0 Å². The van der Waals surface area contributed by atoms with Crippen LogP contribution in [0.4, 0.5) is 11.4 Å². The third kappa shape index (κ3) is 2.97. The second kappa shape index (κ2) is 6.01. The van der Waals surface area contributed by atoms with Crippen LogP contribution in [0.1, 0.15) is 15.9 Å². The minimum atomic E-state index is -0.221. The zero-order valence-corrected chi connectivity index (χ0v) is 13.1. The van der Waals surface area contributed by atoms with Crippen molar-refractivity contribution in [3.8, 4) is 5.75 Å². The van der Waals surface area contributed by atoms with Gasteiger partial charge in [0.25, 0.3) is 5.91 Å². The largest absolute Gasteiger partial charge is 0.496 e. The first kappa shape index (κ1) is 14.9. The summed E-state index contributed by atoms with van der Waals surface area (Å²) in [5, 5.41) is 4.93. The average Bonchev–Trinajstić information content (AvgIpc) is 2.56. The Morgan fingerprint density at radius 2 is 1.74 bits per heavy atom. The molecule has 0 saturated heterocycles. The summed E-state index contributed by atoms with van der Waals surface area (Å²) in [6.45, 7) is 1.92. The van der Waals surface area contributed by atoms with Crippen molar-refractivity contribution in [2.24, 2.45) is 0 Å². The molecule has 0 fully saturated rings. The normalized spacial score (nSPS) is 10.5. The quantitative estimate of drug-likeness (QED) is 0.719. The molecule has 116 valence electrons. The van der Waals surface area contributed by atoms with Crippen LogP contribution in [0.15, 0.2) is 54.6 Å². The minimum Gasteiger partial charge on any atom is -0.496 e. The molecular weight excluding hydrogens is 288 g/mol. The molecule has 0 radical (unpaired) electrons. The molecule has 0 aliphatic carbocycles. The number of nitrogen functional groups attached to an aromatic ring is 1. The molecule has 3 rings (SSSR count). The van der Waals surface area contributed by atoms with Crippen LogP contribution in [0.2, 0.25) is 0 Å². The SMILES string of the molecule is COc1cc2ccccc2cc1C(=O)Nc1cc(N)ccc1C. The van der Waals surface area contributed by atoms with E-state index in [0.717, 1.165) is 16.3 Å². The number of nitrogens with one attached hydrogen (secondary N) is 1. The Labute approximate surface area is 134 Å². The Morgan fingerprint density at radius 1 is 1.04 bits per heavy atom. The van der Waals surface area contributed by atoms with Crippen molar-refractivity contribution in [1.29, 1.82) is 0 Å². The minimum absolute atomic E-state index is 0.221. The van der Waals surface area contributed by atoms with E-state index >= 15 is 0 Å². The van der Waals surface area contributed by atoms with Gasteiger partial charge in [0, 0.05) is 11.4 Å². The van der Waals surface area contributed by atoms with Crippen molar-refractivity contribution in [2.45, 2.75) is 6.92 Å². The van der Waals surface area contributed by atoms with E-state index in [1.165, 1.54) is 0 Å². The molecule has 3 aromatic rings. The molecule has 23 heavy (non-hydrogen) atoms. The molecule has 3 N–H and O–H groups in total. The van der Waals surface area contributed by atoms with Gasteiger partial charge in [0.2, 0.25) is 0 Å². The maximum Gasteiger partial charge on any atom is 0.259 e. The van der Waals surface area contributed by atoms with Gasteiger partial charge in [-0.3, -0.25) is 4.79 Å². The first-order valence-corrected chi connectivity index (χ1v) is 7.33. The smallest absolute Gasteiger partial charge is 0.259 e. The number of ether oxygens (including phenoxy) is 1. The molecule has 0 atom stereocenters. The molecule has 0 spiro atoms. The van der Waals surface area contributed by atoms with Gasteiger partial charge in [0.1, 0.15) is 5.75 Å². The van der Waals surface area contributed by atoms with Crippen molar-refractivity contribution in [3.63, 3.8) is 0 Å². The topological polar surface area (TPSA) is 64.3 Å². The van der Waals surface area contributed by atoms with Gasteiger partial charge in [-0.15, -0.1) is 0 Å². The van der Waals surface area contributed by atoms with Crippen LogP contribution in [-0.2, 0) is 0 Å². The van der Waals surface area contributed by atoms with E-state index in [1.54, 1.807) is 13.2 Å². The van der Waals surface area contributed by atoms with Gasteiger partial charge in [0.15, 0.2) is 0 Å². The Balaban J connectivity index is 2.01. The van der Waals surface area contributed by atoms with Crippen molar-refractivity contribution >= 4 is 28.1 Å². The van der Waals surface area contributed by atoms with Crippen LogP contribution >= 0.6 is 0 Å². The lowest BCUT2D eigenvalue weighted by Crippen LogP contribution is -2.14. The van der Waals surface area contributed by atoms with Gasteiger partial charge in [-0.05, 0) is 47.5 Å². The number of hydrogen-bond donors (Lipinski definition) is 2. The summed E-state index contributed by atoms with van der Waals surface area (Å²) in [5.74, 6) is 0.323. The van der Waals surface area contributed by atoms with E-state index in [1.807, 2.05) is 55.5 Å². The number of anilines is 2. The van der Waals surface area contributed by atoms with Crippen molar-refractivity contribution in [2.75, 3.05) is 18.2 Å². The summed E-state index contributed by atoms with van der Waals surface area (Å²) >= 11 is 0. The number of benzene rings is 3. The van der Waals surface area contributed by atoms with Crippen LogP contribution in [0.25, 0.3) is 10.8 Å². The predicted molar refractivity (Wildman–Crippen MR) is 94.0 cm³/mol. The Kier molecular flexibility index (Phi) is 3.89. The molecule has 0 bridgehead atoms. The number of aryl methyl sites for hydroxylation is 1. The molecule has 0 heterocycles. The number of carbonyl (C=O) groups is 1. The Hall–Kier alpha value is -3.01. The van der Waals surface area contributed by atoms with Gasteiger partial charge in [-0.2, -0.15) is 0 Å². The summed E-state index contributed by atoms with van der Waals surface area (Å²) in [7, 11) is 1.56. The molecule has 0 aliphatic rings. The van der Waals surface area contributed by atoms with Crippen molar-refractivity contribution in [1.82, 2.24) is 0 Å². The molecule has 0 aliphatic heterocycles. The molecule has 0 saturated carbocycles. The number of amides is 1. The molecule has 0 aromatic heterocycles. The standard InChI is InChI=1S/C19H18N2O2/c1-12-7-8-15(20)11-17(12)21-19(22)16-9-13-5-3-4-6-14(13)10-18(16)23-2/h3-11H,20H2,1-2H3,(H,21,22). The average molecular weight is 306 g/mol. The molecular formula is C19H18N2O2. The van der Waals surface area contributed by atoms with E-state index in [-0.39, 0.29) is 5.91 Å². The summed E-state index contributed by atoms with van der Waals surface area (Å²) in [4.78, 5) is 12.7. The number of nitrogens with two attached hydrogens (primary N) is 1. The first-order valence-electron chi connectivity index (χ1n) is 7.33. The second-order valence-electron chi connectivity index (χ2n) is 5.43. The Morgan fingerprint density at radius 3 is 2.43 bits per heavy atom. The molecule has 0 unspecified atom stereocenters. The molecule has 3 aromatic carbocycles. The van der Waals surface area contributed by atoms with E-state index in [2.05, 4.69) is 5.32 Å². The molecule has 4 heteroatoms. The highest BCUT2D eigenvalue weighted by molar-refractivity contribution is 6.09. The highest BCUT2D eigenvalue weighted by Gasteiger charge is 2.14. The maximum atomic E-state index is 12.7. The lowest BCUT2D eigenvalue weighted by Gasteiger charge is -2.13. The Bertz CT molecular complexity index is 888. The molecule has 4 nitrogen and oxygen atoms in total. The van der Waals surface area contributed by atoms with Crippen LogP contribution in [0.5, 0.6) is 5.75 Å². The fourth-order valence-electron chi connectivity index (χ4n) is 2.53. The van der Waals surface area contributed by atoms with E-state index in [4.69, 9.17) is 10.5 Å². The zero-order chi connectivity index (χ0) is 16.4. The van der Waals surface area contributed by atoms with Gasteiger partial charge in [-0.1, -0.05) is 30.3 Å². The second-order valence-corrected chi connectivity index (χ2v) is 5.43. The van der Waals surface area contributed by atoms with Crippen LogP contribution in [0, 0.1) is 6.92 Å². The van der Waals surface area contributed by atoms with E-state index < -0.39 is 0 Å². The van der Waals surface area contributed by atoms with Gasteiger partial charge < -0.3 is 15.8 Å². The third-order valence-electron chi connectivity index (χ3n) is 3.82. The van der Waals surface area contributed by atoms with Crippen molar-refractivity contribution in [3.05, 3.63) is 65.7 Å². The summed E-state index contributed by atoms with van der Waals surface area (Å²) < 4.78 is 5.38. The number of hydrogen-bond acceptors (Lipinski definition) is 3. The predicted octanol–water partition coefficient (Wildman–Crippen LogP) is 3.99. The number of rotatable bonds is 3.